The maximum absolute atomic E-state index is 12.0. The molecule has 2 atom stereocenters. The lowest BCUT2D eigenvalue weighted by atomic mass is 9.86. The summed E-state index contributed by atoms with van der Waals surface area (Å²) in [5.41, 5.74) is 0. The van der Waals surface area contributed by atoms with Gasteiger partial charge in [0.05, 0.1) is 5.92 Å². The van der Waals surface area contributed by atoms with Crippen molar-refractivity contribution in [3.63, 3.8) is 0 Å². The van der Waals surface area contributed by atoms with E-state index in [9.17, 15) is 4.79 Å². The quantitative estimate of drug-likeness (QED) is 0.744. The van der Waals surface area contributed by atoms with Gasteiger partial charge in [-0.15, -0.1) is 0 Å². The molecule has 15 heavy (non-hydrogen) atoms. The van der Waals surface area contributed by atoms with Crippen LogP contribution in [0.2, 0.25) is 0 Å². The molecule has 0 bridgehead atoms. The molecular formula is C12H22N2O. The molecule has 0 radical (unpaired) electrons. The van der Waals surface area contributed by atoms with Crippen molar-refractivity contribution in [2.75, 3.05) is 20.1 Å². The summed E-state index contributed by atoms with van der Waals surface area (Å²) < 4.78 is 0. The van der Waals surface area contributed by atoms with Crippen molar-refractivity contribution in [1.29, 1.82) is 0 Å². The van der Waals surface area contributed by atoms with Gasteiger partial charge in [0.25, 0.3) is 0 Å². The predicted molar refractivity (Wildman–Crippen MR) is 60.5 cm³/mol. The molecule has 0 aromatic carbocycles. The van der Waals surface area contributed by atoms with Crippen LogP contribution in [-0.2, 0) is 4.79 Å². The first kappa shape index (κ1) is 10.9. The highest BCUT2D eigenvalue weighted by Crippen LogP contribution is 2.27. The van der Waals surface area contributed by atoms with E-state index in [0.29, 0.717) is 11.9 Å². The van der Waals surface area contributed by atoms with E-state index in [1.807, 2.05) is 11.9 Å². The van der Waals surface area contributed by atoms with Crippen molar-refractivity contribution in [2.24, 2.45) is 11.8 Å². The van der Waals surface area contributed by atoms with Gasteiger partial charge in [-0.25, -0.2) is 0 Å². The number of nitrogens with zero attached hydrogens (tertiary/aromatic N) is 1. The first-order chi connectivity index (χ1) is 7.18. The molecule has 0 aromatic rings. The lowest BCUT2D eigenvalue weighted by molar-refractivity contribution is -0.138. The van der Waals surface area contributed by atoms with E-state index in [1.54, 1.807) is 0 Å². The Kier molecular flexibility index (Phi) is 3.29. The molecule has 3 nitrogen and oxygen atoms in total. The molecule has 1 amide bonds. The van der Waals surface area contributed by atoms with Crippen LogP contribution in [0.4, 0.5) is 0 Å². The molecule has 1 aliphatic heterocycles. The Balaban J connectivity index is 1.88. The summed E-state index contributed by atoms with van der Waals surface area (Å²) in [5.74, 6) is 1.40. The first-order valence-electron chi connectivity index (χ1n) is 6.16. The number of hydrogen-bond donors (Lipinski definition) is 1. The van der Waals surface area contributed by atoms with Crippen LogP contribution in [0.25, 0.3) is 0 Å². The normalized spacial score (nSPS) is 32.1. The summed E-state index contributed by atoms with van der Waals surface area (Å²) in [6, 6.07) is 0.502. The number of nitrogens with one attached hydrogen (secondary N) is 1. The summed E-state index contributed by atoms with van der Waals surface area (Å²) in [6.45, 7) is 4.06. The average Bonchev–Trinajstić information content (AvgIpc) is 2.14. The minimum atomic E-state index is 0.257. The number of hydrogen-bond acceptors (Lipinski definition) is 2. The molecule has 2 rings (SSSR count). The van der Waals surface area contributed by atoms with Gasteiger partial charge < -0.3 is 10.2 Å². The Hall–Kier alpha value is -0.570. The van der Waals surface area contributed by atoms with E-state index >= 15 is 0 Å². The van der Waals surface area contributed by atoms with Crippen LogP contribution in [0.3, 0.4) is 0 Å². The summed E-state index contributed by atoms with van der Waals surface area (Å²) >= 11 is 0. The number of amides is 1. The van der Waals surface area contributed by atoms with E-state index in [-0.39, 0.29) is 5.92 Å². The van der Waals surface area contributed by atoms with E-state index < -0.39 is 0 Å². The smallest absolute Gasteiger partial charge is 0.228 e. The topological polar surface area (TPSA) is 32.3 Å². The molecule has 1 saturated heterocycles. The van der Waals surface area contributed by atoms with Crippen LogP contribution in [0.1, 0.15) is 32.6 Å². The van der Waals surface area contributed by atoms with Gasteiger partial charge in [-0.1, -0.05) is 19.8 Å². The second-order valence-electron chi connectivity index (χ2n) is 5.23. The highest BCUT2D eigenvalue weighted by Gasteiger charge is 2.32. The second kappa shape index (κ2) is 4.52. The van der Waals surface area contributed by atoms with Gasteiger partial charge in [-0.3, -0.25) is 4.79 Å². The maximum Gasteiger partial charge on any atom is 0.228 e. The molecule has 86 valence electrons. The molecule has 2 fully saturated rings. The molecule has 0 aromatic heterocycles. The Morgan fingerprint density at radius 3 is 2.60 bits per heavy atom. The maximum atomic E-state index is 12.0. The number of carbonyl (C=O) groups excluding carboxylic acids is 1. The molecule has 1 heterocycles. The van der Waals surface area contributed by atoms with Gasteiger partial charge in [0.2, 0.25) is 5.91 Å². The van der Waals surface area contributed by atoms with Crippen LogP contribution in [0, 0.1) is 11.8 Å². The van der Waals surface area contributed by atoms with Gasteiger partial charge in [-0.05, 0) is 18.8 Å². The first-order valence-corrected chi connectivity index (χ1v) is 6.16. The predicted octanol–water partition coefficient (Wildman–Crippen LogP) is 1.24. The van der Waals surface area contributed by atoms with Crippen molar-refractivity contribution in [3.05, 3.63) is 0 Å². The molecule has 1 saturated carbocycles. The van der Waals surface area contributed by atoms with E-state index in [0.717, 1.165) is 19.0 Å². The minimum absolute atomic E-state index is 0.257. The Morgan fingerprint density at radius 2 is 2.07 bits per heavy atom. The molecule has 2 unspecified atom stereocenters. The molecule has 3 heteroatoms. The van der Waals surface area contributed by atoms with Gasteiger partial charge in [0.15, 0.2) is 0 Å². The van der Waals surface area contributed by atoms with Crippen molar-refractivity contribution in [3.8, 4) is 0 Å². The zero-order valence-corrected chi connectivity index (χ0v) is 9.83. The minimum Gasteiger partial charge on any atom is -0.342 e. The van der Waals surface area contributed by atoms with Crippen molar-refractivity contribution >= 4 is 5.91 Å². The van der Waals surface area contributed by atoms with E-state index in [1.165, 1.54) is 25.7 Å². The SMILES string of the molecule is CC1CCCC(N(C)C(=O)C2CNC2)C1. The van der Waals surface area contributed by atoms with Crippen molar-refractivity contribution in [1.82, 2.24) is 10.2 Å². The molecular weight excluding hydrogens is 188 g/mol. The fraction of sp³-hybridized carbons (Fsp3) is 0.917. The number of rotatable bonds is 2. The third-order valence-corrected chi connectivity index (χ3v) is 3.93. The lowest BCUT2D eigenvalue weighted by Crippen LogP contribution is -2.53. The van der Waals surface area contributed by atoms with E-state index in [4.69, 9.17) is 0 Å². The zero-order chi connectivity index (χ0) is 10.8. The highest BCUT2D eigenvalue weighted by atomic mass is 16.2. The van der Waals surface area contributed by atoms with Gasteiger partial charge in [0.1, 0.15) is 0 Å². The fourth-order valence-corrected chi connectivity index (χ4v) is 2.69. The van der Waals surface area contributed by atoms with E-state index in [2.05, 4.69) is 12.2 Å². The Labute approximate surface area is 92.2 Å². The van der Waals surface area contributed by atoms with Gasteiger partial charge in [-0.2, -0.15) is 0 Å². The van der Waals surface area contributed by atoms with Crippen molar-refractivity contribution in [2.45, 2.75) is 38.6 Å². The highest BCUT2D eigenvalue weighted by molar-refractivity contribution is 5.80. The fourth-order valence-electron chi connectivity index (χ4n) is 2.69. The number of carbonyl (C=O) groups is 1. The van der Waals surface area contributed by atoms with Crippen LogP contribution in [0.5, 0.6) is 0 Å². The summed E-state index contributed by atoms with van der Waals surface area (Å²) in [5, 5.41) is 3.16. The molecule has 0 spiro atoms. The van der Waals surface area contributed by atoms with Crippen LogP contribution < -0.4 is 5.32 Å². The van der Waals surface area contributed by atoms with Crippen LogP contribution in [-0.4, -0.2) is 37.0 Å². The third kappa shape index (κ3) is 2.33. The summed E-state index contributed by atoms with van der Waals surface area (Å²) in [6.07, 6.45) is 5.02. The Bertz CT molecular complexity index is 238. The molecule has 2 aliphatic rings. The monoisotopic (exact) mass is 210 g/mol. The lowest BCUT2D eigenvalue weighted by Gasteiger charge is -2.38. The zero-order valence-electron chi connectivity index (χ0n) is 9.83. The standard InChI is InChI=1S/C12H22N2O/c1-9-4-3-5-11(6-9)14(2)12(15)10-7-13-8-10/h9-11,13H,3-8H2,1-2H3. The summed E-state index contributed by atoms with van der Waals surface area (Å²) in [7, 11) is 1.99. The largest absolute Gasteiger partial charge is 0.342 e. The average molecular weight is 210 g/mol. The second-order valence-corrected chi connectivity index (χ2v) is 5.23. The molecule has 1 N–H and O–H groups in total. The molecule has 1 aliphatic carbocycles. The van der Waals surface area contributed by atoms with Crippen LogP contribution >= 0.6 is 0 Å². The van der Waals surface area contributed by atoms with Gasteiger partial charge in [0, 0.05) is 26.2 Å². The Morgan fingerprint density at radius 1 is 1.33 bits per heavy atom. The summed E-state index contributed by atoms with van der Waals surface area (Å²) in [4.78, 5) is 14.0. The van der Waals surface area contributed by atoms with Crippen molar-refractivity contribution < 1.29 is 4.79 Å². The third-order valence-electron chi connectivity index (χ3n) is 3.93. The van der Waals surface area contributed by atoms with Gasteiger partial charge >= 0.3 is 0 Å². The van der Waals surface area contributed by atoms with Crippen LogP contribution in [0.15, 0.2) is 0 Å².